The lowest BCUT2D eigenvalue weighted by Gasteiger charge is -2.61. The van der Waals surface area contributed by atoms with E-state index in [2.05, 4.69) is 6.07 Å². The van der Waals surface area contributed by atoms with Crippen molar-refractivity contribution in [2.75, 3.05) is 0 Å². The fourth-order valence-corrected chi connectivity index (χ4v) is 6.96. The fourth-order valence-electron chi connectivity index (χ4n) is 6.96. The number of hydrogen-bond acceptors (Lipinski definition) is 6. The van der Waals surface area contributed by atoms with Crippen LogP contribution in [-0.2, 0) is 14.4 Å². The van der Waals surface area contributed by atoms with Crippen LogP contribution >= 0.6 is 0 Å². The van der Waals surface area contributed by atoms with Crippen LogP contribution in [0.1, 0.15) is 51.4 Å². The maximum absolute atomic E-state index is 13.1. The molecule has 0 spiro atoms. The Labute approximate surface area is 168 Å². The van der Waals surface area contributed by atoms with Crippen LogP contribution in [0.5, 0.6) is 0 Å². The van der Waals surface area contributed by atoms with E-state index in [4.69, 9.17) is 25.5 Å². The van der Waals surface area contributed by atoms with Crippen molar-refractivity contribution in [3.63, 3.8) is 0 Å². The highest BCUT2D eigenvalue weighted by Gasteiger charge is 2.62. The number of nitrogens with two attached hydrogens (primary N) is 1. The Morgan fingerprint density at radius 3 is 2.10 bits per heavy atom. The van der Waals surface area contributed by atoms with Crippen molar-refractivity contribution < 1.29 is 29.7 Å². The molecule has 6 fully saturated rings. The van der Waals surface area contributed by atoms with Crippen LogP contribution in [0.4, 0.5) is 0 Å². The van der Waals surface area contributed by atoms with Crippen LogP contribution in [0.2, 0.25) is 0 Å². The number of carbonyl (C=O) groups is 3. The molecule has 2 unspecified atom stereocenters. The molecule has 5 N–H and O–H groups in total. The summed E-state index contributed by atoms with van der Waals surface area (Å²) in [4.78, 5) is 33.1. The van der Waals surface area contributed by atoms with E-state index in [1.54, 1.807) is 4.90 Å². The first-order valence-corrected chi connectivity index (χ1v) is 10.2. The first kappa shape index (κ1) is 20.1. The van der Waals surface area contributed by atoms with E-state index in [0.717, 1.165) is 38.5 Å². The predicted octanol–water partition coefficient (Wildman–Crippen LogP) is 0.314. The second-order valence-electron chi connectivity index (χ2n) is 9.82. The third-order valence-corrected chi connectivity index (χ3v) is 7.69. The van der Waals surface area contributed by atoms with Gasteiger partial charge in [-0.3, -0.25) is 4.79 Å². The molecular weight excluding hydrogens is 378 g/mol. The second-order valence-corrected chi connectivity index (χ2v) is 9.82. The molecule has 0 radical (unpaired) electrons. The number of amides is 1. The molecule has 0 aromatic carbocycles. The van der Waals surface area contributed by atoms with Gasteiger partial charge in [0.2, 0.25) is 5.91 Å². The minimum absolute atomic E-state index is 0.0212. The van der Waals surface area contributed by atoms with Crippen LogP contribution in [0.25, 0.3) is 0 Å². The number of aliphatic hydroxyl groups is 1. The lowest BCUT2D eigenvalue weighted by molar-refractivity contribution is -0.177. The van der Waals surface area contributed by atoms with Gasteiger partial charge in [0.05, 0.1) is 17.7 Å². The lowest BCUT2D eigenvalue weighted by atomic mass is 9.46. The maximum Gasteiger partial charge on any atom is 0.414 e. The summed E-state index contributed by atoms with van der Waals surface area (Å²) < 4.78 is 0. The summed E-state index contributed by atoms with van der Waals surface area (Å²) >= 11 is 0. The molecule has 1 saturated heterocycles. The third kappa shape index (κ3) is 3.38. The Morgan fingerprint density at radius 1 is 1.03 bits per heavy atom. The first-order valence-electron chi connectivity index (χ1n) is 10.2. The van der Waals surface area contributed by atoms with Gasteiger partial charge in [-0.25, -0.2) is 9.59 Å². The van der Waals surface area contributed by atoms with Gasteiger partial charge in [-0.2, -0.15) is 5.26 Å². The quantitative estimate of drug-likeness (QED) is 0.477. The molecule has 5 aliphatic carbocycles. The van der Waals surface area contributed by atoms with Gasteiger partial charge in [0.25, 0.3) is 0 Å². The lowest BCUT2D eigenvalue weighted by Crippen LogP contribution is -2.64. The van der Waals surface area contributed by atoms with Gasteiger partial charge in [0, 0.05) is 6.04 Å². The highest BCUT2D eigenvalue weighted by atomic mass is 16.4. The van der Waals surface area contributed by atoms with Gasteiger partial charge in [-0.05, 0) is 74.5 Å². The highest BCUT2D eigenvalue weighted by molar-refractivity contribution is 6.27. The minimum atomic E-state index is -1.82. The largest absolute Gasteiger partial charge is 0.473 e. The van der Waals surface area contributed by atoms with Crippen LogP contribution in [-0.4, -0.2) is 61.8 Å². The summed E-state index contributed by atoms with van der Waals surface area (Å²) in [5.74, 6) is -2.09. The molecule has 1 heterocycles. The van der Waals surface area contributed by atoms with Gasteiger partial charge in [-0.15, -0.1) is 0 Å². The van der Waals surface area contributed by atoms with Gasteiger partial charge in [0.1, 0.15) is 6.04 Å². The summed E-state index contributed by atoms with van der Waals surface area (Å²) in [5, 5.41) is 35.0. The number of carboxylic acids is 2. The smallest absolute Gasteiger partial charge is 0.414 e. The molecule has 9 nitrogen and oxygen atoms in total. The average Bonchev–Trinajstić information content (AvgIpc) is 3.29. The summed E-state index contributed by atoms with van der Waals surface area (Å²) in [6.07, 6.45) is 7.48. The molecule has 4 bridgehead atoms. The predicted molar refractivity (Wildman–Crippen MR) is 98.1 cm³/mol. The van der Waals surface area contributed by atoms with E-state index < -0.39 is 23.6 Å². The SMILES string of the molecule is N#C[C@@H]1C[C@@H]2C[C@@H]2N1C(=O)[C@@H](N)C12C[C@@H]3C[C@@H](CC(O)(C3)C1)C2.O=C(O)C(=O)O. The molecular formula is C20H27N3O6. The number of fused-ring (bicyclic) bond motifs is 1. The van der Waals surface area contributed by atoms with Crippen molar-refractivity contribution in [3.8, 4) is 6.07 Å². The van der Waals surface area contributed by atoms with Crippen molar-refractivity contribution in [2.45, 2.75) is 75.1 Å². The fraction of sp³-hybridized carbons (Fsp3) is 0.800. The topological polar surface area (TPSA) is 165 Å². The van der Waals surface area contributed by atoms with Crippen LogP contribution < -0.4 is 5.73 Å². The first-order chi connectivity index (χ1) is 13.6. The molecule has 1 aliphatic heterocycles. The Morgan fingerprint density at radius 2 is 1.62 bits per heavy atom. The zero-order chi connectivity index (χ0) is 21.1. The van der Waals surface area contributed by atoms with Crippen molar-refractivity contribution in [1.29, 1.82) is 5.26 Å². The normalized spacial score (nSPS) is 44.2. The Bertz CT molecular complexity index is 766. The number of piperidine rings is 1. The molecule has 8 atom stereocenters. The molecule has 5 saturated carbocycles. The van der Waals surface area contributed by atoms with Crippen LogP contribution in [0.3, 0.4) is 0 Å². The highest BCUT2D eigenvalue weighted by Crippen LogP contribution is 2.63. The van der Waals surface area contributed by atoms with Crippen molar-refractivity contribution in [3.05, 3.63) is 0 Å². The van der Waals surface area contributed by atoms with E-state index >= 15 is 0 Å². The van der Waals surface area contributed by atoms with E-state index in [9.17, 15) is 15.2 Å². The summed E-state index contributed by atoms with van der Waals surface area (Å²) in [5.41, 5.74) is 5.71. The maximum atomic E-state index is 13.1. The molecule has 158 valence electrons. The monoisotopic (exact) mass is 405 g/mol. The number of nitrogens with zero attached hydrogens (tertiary/aromatic N) is 2. The second kappa shape index (κ2) is 6.67. The molecule has 6 rings (SSSR count). The Hall–Kier alpha value is -2.18. The van der Waals surface area contributed by atoms with Crippen LogP contribution in [0, 0.1) is 34.5 Å². The Kier molecular flexibility index (Phi) is 4.63. The van der Waals surface area contributed by atoms with Crippen molar-refractivity contribution in [2.24, 2.45) is 28.9 Å². The minimum Gasteiger partial charge on any atom is -0.473 e. The van der Waals surface area contributed by atoms with E-state index in [0.29, 0.717) is 24.2 Å². The van der Waals surface area contributed by atoms with Gasteiger partial charge in [-0.1, -0.05) is 0 Å². The molecule has 0 aromatic rings. The number of hydrogen-bond donors (Lipinski definition) is 4. The van der Waals surface area contributed by atoms with E-state index in [1.165, 1.54) is 6.42 Å². The molecule has 9 heteroatoms. The standard InChI is InChI=1S/C18H25N3O2.C2H2O4/c19-8-13-2-12-3-14(12)21(13)16(22)15(20)17-4-10-1-11(5-17)7-18(23,6-10)9-17;3-1(4)2(5)6/h10-15,23H,1-7,9,20H2;(H,3,4)(H,5,6)/t10-,11+,12-,13+,14+,15-,17?,18?;/m1./s1. The Balaban J connectivity index is 0.000000302. The summed E-state index contributed by atoms with van der Waals surface area (Å²) in [6.45, 7) is 0. The number of likely N-dealkylation sites (tertiary alicyclic amines) is 1. The summed E-state index contributed by atoms with van der Waals surface area (Å²) in [7, 11) is 0. The molecule has 6 aliphatic rings. The molecule has 1 amide bonds. The third-order valence-electron chi connectivity index (χ3n) is 7.69. The number of nitriles is 1. The number of aliphatic carboxylic acids is 2. The van der Waals surface area contributed by atoms with E-state index in [-0.39, 0.29) is 23.4 Å². The van der Waals surface area contributed by atoms with Crippen LogP contribution in [0.15, 0.2) is 0 Å². The number of carboxylic acid groups (broad SMARTS) is 2. The van der Waals surface area contributed by atoms with E-state index in [1.807, 2.05) is 0 Å². The van der Waals surface area contributed by atoms with Crippen molar-refractivity contribution >= 4 is 17.8 Å². The number of rotatable bonds is 2. The molecule has 0 aromatic heterocycles. The van der Waals surface area contributed by atoms with Gasteiger partial charge in [0.15, 0.2) is 0 Å². The summed E-state index contributed by atoms with van der Waals surface area (Å²) in [6, 6.07) is 1.72. The van der Waals surface area contributed by atoms with Crippen molar-refractivity contribution in [1.82, 2.24) is 4.90 Å². The molecule has 29 heavy (non-hydrogen) atoms. The van der Waals surface area contributed by atoms with Gasteiger partial charge >= 0.3 is 11.9 Å². The zero-order valence-corrected chi connectivity index (χ0v) is 16.2. The zero-order valence-electron chi connectivity index (χ0n) is 16.2. The average molecular weight is 405 g/mol. The number of carbonyl (C=O) groups excluding carboxylic acids is 1. The van der Waals surface area contributed by atoms with Gasteiger partial charge < -0.3 is 26.0 Å².